The molecular formula is C9H17N5O. The highest BCUT2D eigenvalue weighted by molar-refractivity contribution is 5.79. The molecule has 1 rings (SSSR count). The van der Waals surface area contributed by atoms with Gasteiger partial charge in [0.05, 0.1) is 13.5 Å². The summed E-state index contributed by atoms with van der Waals surface area (Å²) in [6.07, 6.45) is 2.52. The van der Waals surface area contributed by atoms with E-state index in [4.69, 9.17) is 5.73 Å². The van der Waals surface area contributed by atoms with E-state index in [0.29, 0.717) is 12.2 Å². The summed E-state index contributed by atoms with van der Waals surface area (Å²) < 4.78 is 0. The molecule has 1 unspecified atom stereocenters. The van der Waals surface area contributed by atoms with Crippen LogP contribution in [-0.2, 0) is 18.3 Å². The Morgan fingerprint density at radius 2 is 2.33 bits per heavy atom. The molecule has 15 heavy (non-hydrogen) atoms. The summed E-state index contributed by atoms with van der Waals surface area (Å²) in [6.45, 7) is 1.94. The molecule has 0 aliphatic rings. The zero-order chi connectivity index (χ0) is 11.3. The molecule has 0 aliphatic heterocycles. The zero-order valence-corrected chi connectivity index (χ0v) is 9.18. The van der Waals surface area contributed by atoms with E-state index >= 15 is 0 Å². The molecule has 1 heterocycles. The van der Waals surface area contributed by atoms with Crippen LogP contribution in [0.2, 0.25) is 0 Å². The second-order valence-corrected chi connectivity index (χ2v) is 3.78. The SMILES string of the molecule is CC(N)CCCC(=O)Cc1nnn(C)n1. The van der Waals surface area contributed by atoms with E-state index in [9.17, 15) is 4.79 Å². The Kier molecular flexibility index (Phi) is 4.36. The van der Waals surface area contributed by atoms with Crippen molar-refractivity contribution in [2.75, 3.05) is 0 Å². The highest BCUT2D eigenvalue weighted by Gasteiger charge is 2.08. The number of carbonyl (C=O) groups is 1. The lowest BCUT2D eigenvalue weighted by molar-refractivity contribution is -0.118. The minimum atomic E-state index is 0.142. The third-order valence-electron chi connectivity index (χ3n) is 2.02. The third-order valence-corrected chi connectivity index (χ3v) is 2.02. The molecule has 0 spiro atoms. The van der Waals surface area contributed by atoms with Crippen LogP contribution in [0.5, 0.6) is 0 Å². The lowest BCUT2D eigenvalue weighted by Crippen LogP contribution is -2.15. The molecule has 0 saturated carbocycles. The van der Waals surface area contributed by atoms with Gasteiger partial charge in [-0.2, -0.15) is 4.80 Å². The summed E-state index contributed by atoms with van der Waals surface area (Å²) in [5, 5.41) is 11.4. The first-order valence-electron chi connectivity index (χ1n) is 5.08. The van der Waals surface area contributed by atoms with Crippen LogP contribution in [0.25, 0.3) is 0 Å². The van der Waals surface area contributed by atoms with Gasteiger partial charge in [-0.15, -0.1) is 10.2 Å². The average Bonchev–Trinajstić information content (AvgIpc) is 2.50. The summed E-state index contributed by atoms with van der Waals surface area (Å²) in [4.78, 5) is 12.8. The van der Waals surface area contributed by atoms with E-state index in [1.165, 1.54) is 4.80 Å². The zero-order valence-electron chi connectivity index (χ0n) is 9.18. The molecule has 0 bridgehead atoms. The number of hydrogen-bond acceptors (Lipinski definition) is 5. The highest BCUT2D eigenvalue weighted by Crippen LogP contribution is 2.01. The first kappa shape index (κ1) is 11.8. The molecule has 2 N–H and O–H groups in total. The summed E-state index contributed by atoms with van der Waals surface area (Å²) in [6, 6.07) is 0.160. The molecule has 0 fully saturated rings. The largest absolute Gasteiger partial charge is 0.328 e. The van der Waals surface area contributed by atoms with Crippen LogP contribution in [0.15, 0.2) is 0 Å². The van der Waals surface area contributed by atoms with E-state index in [1.807, 2.05) is 6.92 Å². The Balaban J connectivity index is 2.24. The van der Waals surface area contributed by atoms with E-state index in [0.717, 1.165) is 12.8 Å². The molecule has 84 valence electrons. The van der Waals surface area contributed by atoms with Crippen LogP contribution < -0.4 is 5.73 Å². The molecule has 0 radical (unpaired) electrons. The number of carbonyl (C=O) groups excluding carboxylic acids is 1. The van der Waals surface area contributed by atoms with E-state index in [-0.39, 0.29) is 18.2 Å². The van der Waals surface area contributed by atoms with E-state index in [2.05, 4.69) is 15.4 Å². The van der Waals surface area contributed by atoms with Crippen molar-refractivity contribution in [2.24, 2.45) is 12.8 Å². The van der Waals surface area contributed by atoms with Crippen molar-refractivity contribution in [1.29, 1.82) is 0 Å². The first-order chi connectivity index (χ1) is 7.08. The third kappa shape index (κ3) is 4.64. The number of ketones is 1. The Hall–Kier alpha value is -1.30. The number of Topliss-reactive ketones (excluding diaryl/α,β-unsaturated/α-hetero) is 1. The second kappa shape index (κ2) is 5.55. The highest BCUT2D eigenvalue weighted by atomic mass is 16.1. The molecule has 0 aromatic carbocycles. The predicted octanol–water partition coefficient (Wildman–Crippen LogP) is -0.161. The molecule has 1 aromatic heterocycles. The van der Waals surface area contributed by atoms with Crippen molar-refractivity contribution in [3.05, 3.63) is 5.82 Å². The van der Waals surface area contributed by atoms with Gasteiger partial charge in [0.2, 0.25) is 0 Å². The molecule has 1 aromatic rings. The molecule has 0 saturated heterocycles. The van der Waals surface area contributed by atoms with Gasteiger partial charge in [0.15, 0.2) is 5.82 Å². The maximum absolute atomic E-state index is 11.4. The Morgan fingerprint density at radius 3 is 2.87 bits per heavy atom. The number of hydrogen-bond donors (Lipinski definition) is 1. The van der Waals surface area contributed by atoms with Gasteiger partial charge in [-0.3, -0.25) is 4.79 Å². The van der Waals surface area contributed by atoms with Crippen LogP contribution in [0.1, 0.15) is 32.0 Å². The molecular weight excluding hydrogens is 194 g/mol. The maximum atomic E-state index is 11.4. The van der Waals surface area contributed by atoms with Gasteiger partial charge in [-0.1, -0.05) is 0 Å². The topological polar surface area (TPSA) is 86.7 Å². The van der Waals surface area contributed by atoms with Crippen LogP contribution in [0, 0.1) is 0 Å². The van der Waals surface area contributed by atoms with Crippen LogP contribution in [0.4, 0.5) is 0 Å². The lowest BCUT2D eigenvalue weighted by atomic mass is 10.1. The molecule has 6 heteroatoms. The van der Waals surface area contributed by atoms with Gasteiger partial charge in [0.25, 0.3) is 0 Å². The number of nitrogens with zero attached hydrogens (tertiary/aromatic N) is 4. The van der Waals surface area contributed by atoms with Gasteiger partial charge in [-0.25, -0.2) is 0 Å². The number of nitrogens with two attached hydrogens (primary N) is 1. The van der Waals surface area contributed by atoms with Crippen molar-refractivity contribution >= 4 is 5.78 Å². The maximum Gasteiger partial charge on any atom is 0.182 e. The molecule has 6 nitrogen and oxygen atoms in total. The van der Waals surface area contributed by atoms with Crippen molar-refractivity contribution in [3.63, 3.8) is 0 Å². The summed E-state index contributed by atoms with van der Waals surface area (Å²) in [5.41, 5.74) is 5.59. The molecule has 0 aliphatic carbocycles. The van der Waals surface area contributed by atoms with Gasteiger partial charge >= 0.3 is 0 Å². The van der Waals surface area contributed by atoms with Crippen molar-refractivity contribution < 1.29 is 4.79 Å². The van der Waals surface area contributed by atoms with Gasteiger partial charge in [0, 0.05) is 12.5 Å². The monoisotopic (exact) mass is 211 g/mol. The molecule has 0 amide bonds. The van der Waals surface area contributed by atoms with Crippen LogP contribution in [-0.4, -0.2) is 32.0 Å². The van der Waals surface area contributed by atoms with Gasteiger partial charge in [0.1, 0.15) is 5.78 Å². The Labute approximate surface area is 88.8 Å². The lowest BCUT2D eigenvalue weighted by Gasteiger charge is -2.02. The van der Waals surface area contributed by atoms with Crippen molar-refractivity contribution in [1.82, 2.24) is 20.2 Å². The fourth-order valence-corrected chi connectivity index (χ4v) is 1.28. The number of rotatable bonds is 6. The van der Waals surface area contributed by atoms with E-state index in [1.54, 1.807) is 7.05 Å². The number of tetrazole rings is 1. The number of aryl methyl sites for hydroxylation is 1. The minimum absolute atomic E-state index is 0.142. The normalized spacial score (nSPS) is 12.7. The summed E-state index contributed by atoms with van der Waals surface area (Å²) >= 11 is 0. The fourth-order valence-electron chi connectivity index (χ4n) is 1.28. The van der Waals surface area contributed by atoms with Gasteiger partial charge in [-0.05, 0) is 25.0 Å². The quantitative estimate of drug-likeness (QED) is 0.706. The Morgan fingerprint density at radius 1 is 1.60 bits per heavy atom. The molecule has 1 atom stereocenters. The fraction of sp³-hybridized carbons (Fsp3) is 0.778. The summed E-state index contributed by atoms with van der Waals surface area (Å²) in [7, 11) is 1.68. The minimum Gasteiger partial charge on any atom is -0.328 e. The average molecular weight is 211 g/mol. The van der Waals surface area contributed by atoms with Gasteiger partial charge < -0.3 is 5.73 Å². The summed E-state index contributed by atoms with van der Waals surface area (Å²) in [5.74, 6) is 0.631. The van der Waals surface area contributed by atoms with E-state index < -0.39 is 0 Å². The van der Waals surface area contributed by atoms with Crippen LogP contribution >= 0.6 is 0 Å². The predicted molar refractivity (Wildman–Crippen MR) is 55.0 cm³/mol. The second-order valence-electron chi connectivity index (χ2n) is 3.78. The first-order valence-corrected chi connectivity index (χ1v) is 5.08. The Bertz CT molecular complexity index is 320. The van der Waals surface area contributed by atoms with Crippen molar-refractivity contribution in [2.45, 2.75) is 38.6 Å². The smallest absolute Gasteiger partial charge is 0.182 e. The standard InChI is InChI=1S/C9H17N5O/c1-7(10)4-3-5-8(15)6-9-11-13-14(2)12-9/h7H,3-6,10H2,1-2H3. The van der Waals surface area contributed by atoms with Crippen LogP contribution in [0.3, 0.4) is 0 Å². The van der Waals surface area contributed by atoms with Crippen molar-refractivity contribution in [3.8, 4) is 0 Å². The number of aromatic nitrogens is 4.